The molecule has 0 saturated heterocycles. The number of halogens is 1. The van der Waals surface area contributed by atoms with E-state index < -0.39 is 0 Å². The molecule has 0 spiro atoms. The summed E-state index contributed by atoms with van der Waals surface area (Å²) in [7, 11) is 0. The molecule has 1 aromatic carbocycles. The third kappa shape index (κ3) is 2.32. The molecule has 0 heterocycles. The van der Waals surface area contributed by atoms with Gasteiger partial charge in [0.2, 0.25) is 0 Å². The Bertz CT molecular complexity index is 301. The summed E-state index contributed by atoms with van der Waals surface area (Å²) in [4.78, 5) is 0. The van der Waals surface area contributed by atoms with Crippen molar-refractivity contribution in [3.63, 3.8) is 0 Å². The Morgan fingerprint density at radius 3 is 2.57 bits per heavy atom. The van der Waals surface area contributed by atoms with Crippen molar-refractivity contribution in [3.8, 4) is 5.75 Å². The van der Waals surface area contributed by atoms with Gasteiger partial charge in [-0.3, -0.25) is 0 Å². The third-order valence-corrected chi connectivity index (χ3v) is 2.72. The van der Waals surface area contributed by atoms with Crippen molar-refractivity contribution in [3.05, 3.63) is 23.2 Å². The molecule has 14 heavy (non-hydrogen) atoms. The second kappa shape index (κ2) is 4.09. The smallest absolute Gasteiger partial charge is 0.123 e. The molecule has 3 heteroatoms. The van der Waals surface area contributed by atoms with Crippen molar-refractivity contribution in [1.29, 1.82) is 0 Å². The van der Waals surface area contributed by atoms with E-state index in [1.165, 1.54) is 12.8 Å². The molecule has 0 amide bonds. The van der Waals surface area contributed by atoms with Gasteiger partial charge in [-0.05, 0) is 37.8 Å². The largest absolute Gasteiger partial charge is 0.490 e. The number of ether oxygens (including phenoxy) is 1. The van der Waals surface area contributed by atoms with Gasteiger partial charge in [0.25, 0.3) is 0 Å². The molecule has 0 atom stereocenters. The van der Waals surface area contributed by atoms with E-state index >= 15 is 0 Å². The molecule has 0 radical (unpaired) electrons. The van der Waals surface area contributed by atoms with Crippen molar-refractivity contribution < 1.29 is 4.74 Å². The Kier molecular flexibility index (Phi) is 2.82. The summed E-state index contributed by atoms with van der Waals surface area (Å²) in [5.74, 6) is 0.793. The molecular formula is C11H14ClNO. The maximum Gasteiger partial charge on any atom is 0.123 e. The lowest BCUT2D eigenvalue weighted by atomic mass is 10.3. The molecule has 1 aromatic rings. The van der Waals surface area contributed by atoms with Gasteiger partial charge >= 0.3 is 0 Å². The molecule has 2 nitrogen and oxygen atoms in total. The van der Waals surface area contributed by atoms with Crippen LogP contribution in [0.4, 0.5) is 5.69 Å². The fourth-order valence-corrected chi connectivity index (χ4v) is 2.08. The Labute approximate surface area is 89.0 Å². The van der Waals surface area contributed by atoms with Crippen molar-refractivity contribution in [2.45, 2.75) is 31.8 Å². The molecule has 0 bridgehead atoms. The molecule has 1 fully saturated rings. The molecule has 0 aromatic heterocycles. The second-order valence-corrected chi connectivity index (χ2v) is 4.18. The summed E-state index contributed by atoms with van der Waals surface area (Å²) in [6.45, 7) is 0. The number of anilines is 1. The van der Waals surface area contributed by atoms with Crippen LogP contribution in [-0.4, -0.2) is 6.10 Å². The zero-order chi connectivity index (χ0) is 9.97. The first-order chi connectivity index (χ1) is 6.74. The van der Waals surface area contributed by atoms with Crippen molar-refractivity contribution >= 4 is 17.3 Å². The average molecular weight is 212 g/mol. The second-order valence-electron chi connectivity index (χ2n) is 3.74. The zero-order valence-corrected chi connectivity index (χ0v) is 8.76. The summed E-state index contributed by atoms with van der Waals surface area (Å²) in [6, 6.07) is 5.36. The molecule has 76 valence electrons. The third-order valence-electron chi connectivity index (χ3n) is 2.50. The molecule has 0 unspecified atom stereocenters. The first-order valence-electron chi connectivity index (χ1n) is 4.97. The first-order valence-corrected chi connectivity index (χ1v) is 5.34. The monoisotopic (exact) mass is 211 g/mol. The topological polar surface area (TPSA) is 35.2 Å². The summed E-state index contributed by atoms with van der Waals surface area (Å²) in [5, 5.41) is 0.637. The van der Waals surface area contributed by atoms with Crippen LogP contribution < -0.4 is 10.5 Å². The van der Waals surface area contributed by atoms with Crippen LogP contribution in [0.2, 0.25) is 5.02 Å². The van der Waals surface area contributed by atoms with Gasteiger partial charge in [0, 0.05) is 16.8 Å². The minimum absolute atomic E-state index is 0.355. The summed E-state index contributed by atoms with van der Waals surface area (Å²) < 4.78 is 5.77. The molecule has 0 aliphatic heterocycles. The molecule has 1 aliphatic carbocycles. The Hall–Kier alpha value is -0.890. The fraction of sp³-hybridized carbons (Fsp3) is 0.455. The number of rotatable bonds is 2. The molecule has 2 rings (SSSR count). The van der Waals surface area contributed by atoms with Crippen molar-refractivity contribution in [1.82, 2.24) is 0 Å². The van der Waals surface area contributed by atoms with Crippen LogP contribution in [0.1, 0.15) is 25.7 Å². The van der Waals surface area contributed by atoms with Gasteiger partial charge in [-0.2, -0.15) is 0 Å². The minimum Gasteiger partial charge on any atom is -0.490 e. The fourth-order valence-electron chi connectivity index (χ4n) is 1.85. The number of nitrogens with two attached hydrogens (primary N) is 1. The van der Waals surface area contributed by atoms with Crippen LogP contribution in [-0.2, 0) is 0 Å². The summed E-state index contributed by atoms with van der Waals surface area (Å²) in [6.07, 6.45) is 5.17. The van der Waals surface area contributed by atoms with Gasteiger partial charge in [0.05, 0.1) is 6.10 Å². The highest BCUT2D eigenvalue weighted by Crippen LogP contribution is 2.27. The Morgan fingerprint density at radius 2 is 1.93 bits per heavy atom. The lowest BCUT2D eigenvalue weighted by molar-refractivity contribution is 0.210. The quantitative estimate of drug-likeness (QED) is 0.763. The maximum atomic E-state index is 5.88. The van der Waals surface area contributed by atoms with Gasteiger partial charge in [-0.1, -0.05) is 11.6 Å². The van der Waals surface area contributed by atoms with Gasteiger partial charge in [0.15, 0.2) is 0 Å². The van der Waals surface area contributed by atoms with Crippen LogP contribution in [0.15, 0.2) is 18.2 Å². The summed E-state index contributed by atoms with van der Waals surface area (Å²) >= 11 is 5.88. The molecular weight excluding hydrogens is 198 g/mol. The highest BCUT2D eigenvalue weighted by Gasteiger charge is 2.16. The van der Waals surface area contributed by atoms with E-state index in [0.717, 1.165) is 18.6 Å². The van der Waals surface area contributed by atoms with Gasteiger partial charge in [-0.25, -0.2) is 0 Å². The maximum absolute atomic E-state index is 5.88. The average Bonchev–Trinajstić information content (AvgIpc) is 2.54. The summed E-state index contributed by atoms with van der Waals surface area (Å²) in [5.41, 5.74) is 6.33. The van der Waals surface area contributed by atoms with E-state index in [9.17, 15) is 0 Å². The van der Waals surface area contributed by atoms with Crippen LogP contribution in [0.3, 0.4) is 0 Å². The normalized spacial score (nSPS) is 17.2. The van der Waals surface area contributed by atoms with Crippen LogP contribution >= 0.6 is 11.6 Å². The first kappa shape index (κ1) is 9.66. The van der Waals surface area contributed by atoms with E-state index in [-0.39, 0.29) is 0 Å². The van der Waals surface area contributed by atoms with Crippen LogP contribution in [0.5, 0.6) is 5.75 Å². The lowest BCUT2D eigenvalue weighted by Gasteiger charge is -2.13. The van der Waals surface area contributed by atoms with E-state index in [2.05, 4.69) is 0 Å². The highest BCUT2D eigenvalue weighted by molar-refractivity contribution is 6.31. The number of hydrogen-bond donors (Lipinski definition) is 1. The zero-order valence-electron chi connectivity index (χ0n) is 8.00. The number of hydrogen-bond acceptors (Lipinski definition) is 2. The standard InChI is InChI=1S/C11H14ClNO/c12-8-5-9(13)7-11(6-8)14-10-3-1-2-4-10/h5-7,10H,1-4,13H2. The highest BCUT2D eigenvalue weighted by atomic mass is 35.5. The van der Waals surface area contributed by atoms with E-state index in [4.69, 9.17) is 22.1 Å². The molecule has 1 aliphatic rings. The van der Waals surface area contributed by atoms with Crippen molar-refractivity contribution in [2.75, 3.05) is 5.73 Å². The Balaban J connectivity index is 2.07. The number of nitrogen functional groups attached to an aromatic ring is 1. The van der Waals surface area contributed by atoms with Gasteiger partial charge < -0.3 is 10.5 Å². The molecule has 1 saturated carbocycles. The molecule has 2 N–H and O–H groups in total. The SMILES string of the molecule is Nc1cc(Cl)cc(OC2CCCC2)c1. The Morgan fingerprint density at radius 1 is 1.21 bits per heavy atom. The minimum atomic E-state index is 0.355. The van der Waals surface area contributed by atoms with Gasteiger partial charge in [0.1, 0.15) is 5.75 Å². The predicted molar refractivity (Wildman–Crippen MR) is 58.7 cm³/mol. The van der Waals surface area contributed by atoms with Crippen LogP contribution in [0, 0.1) is 0 Å². The van der Waals surface area contributed by atoms with Crippen LogP contribution in [0.25, 0.3) is 0 Å². The van der Waals surface area contributed by atoms with Crippen molar-refractivity contribution in [2.24, 2.45) is 0 Å². The van der Waals surface area contributed by atoms with E-state index in [0.29, 0.717) is 16.8 Å². The van der Waals surface area contributed by atoms with E-state index in [1.54, 1.807) is 6.07 Å². The van der Waals surface area contributed by atoms with Gasteiger partial charge in [-0.15, -0.1) is 0 Å². The lowest BCUT2D eigenvalue weighted by Crippen LogP contribution is -2.10. The predicted octanol–water partition coefficient (Wildman–Crippen LogP) is 3.24. The van der Waals surface area contributed by atoms with E-state index in [1.807, 2.05) is 12.1 Å². The number of benzene rings is 1.